The molecule has 0 aliphatic carbocycles. The smallest absolute Gasteiger partial charge is 0.144 e. The number of rotatable bonds is 8. The van der Waals surface area contributed by atoms with Crippen molar-refractivity contribution in [3.05, 3.63) is 18.0 Å². The summed E-state index contributed by atoms with van der Waals surface area (Å²) >= 11 is 0. The van der Waals surface area contributed by atoms with Gasteiger partial charge in [-0.15, -0.1) is 0 Å². The maximum atomic E-state index is 8.68. The summed E-state index contributed by atoms with van der Waals surface area (Å²) in [5, 5.41) is 19.4. The van der Waals surface area contributed by atoms with Gasteiger partial charge in [0.05, 0.1) is 5.69 Å². The molecule has 0 fully saturated rings. The molecular weight excluding hydrogens is 242 g/mol. The predicted octanol–water partition coefficient (Wildman–Crippen LogP) is 1.45. The molecule has 6 heteroatoms. The van der Waals surface area contributed by atoms with Crippen molar-refractivity contribution in [1.29, 1.82) is 0 Å². The first-order valence-corrected chi connectivity index (χ1v) is 6.63. The fourth-order valence-electron chi connectivity index (χ4n) is 1.85. The topological polar surface area (TPSA) is 88.5 Å². The van der Waals surface area contributed by atoms with Crippen LogP contribution in [0.25, 0.3) is 0 Å². The van der Waals surface area contributed by atoms with Crippen LogP contribution in [0.3, 0.4) is 0 Å². The van der Waals surface area contributed by atoms with Crippen LogP contribution in [-0.2, 0) is 13.6 Å². The van der Waals surface area contributed by atoms with Crippen LogP contribution in [0.15, 0.2) is 17.4 Å². The normalized spacial score (nSPS) is 12.9. The molecule has 0 aliphatic heterocycles. The fourth-order valence-corrected chi connectivity index (χ4v) is 1.85. The number of nitrogens with two attached hydrogens (primary N) is 1. The van der Waals surface area contributed by atoms with Crippen molar-refractivity contribution in [2.45, 2.75) is 39.7 Å². The Balaban J connectivity index is 2.11. The molecule has 1 aromatic rings. The number of unbranched alkanes of at least 4 members (excludes halogenated alkanes) is 1. The number of aryl methyl sites for hydroxylation is 1. The molecule has 1 rings (SSSR count). The van der Waals surface area contributed by atoms with Gasteiger partial charge in [0.2, 0.25) is 0 Å². The van der Waals surface area contributed by atoms with E-state index in [1.165, 1.54) is 0 Å². The van der Waals surface area contributed by atoms with E-state index < -0.39 is 0 Å². The van der Waals surface area contributed by atoms with E-state index in [0.29, 0.717) is 5.84 Å². The van der Waals surface area contributed by atoms with E-state index in [1.54, 1.807) is 4.68 Å². The summed E-state index contributed by atoms with van der Waals surface area (Å²) in [5.74, 6) is 0.300. The first-order chi connectivity index (χ1) is 8.95. The number of nitrogens with zero attached hydrogens (tertiary/aromatic N) is 3. The fraction of sp³-hybridized carbons (Fsp3) is 0.692. The third-order valence-corrected chi connectivity index (χ3v) is 3.28. The van der Waals surface area contributed by atoms with Crippen LogP contribution < -0.4 is 11.1 Å². The lowest BCUT2D eigenvalue weighted by atomic mass is 9.86. The van der Waals surface area contributed by atoms with Gasteiger partial charge < -0.3 is 16.3 Å². The monoisotopic (exact) mass is 267 g/mol. The molecule has 0 aromatic carbocycles. The molecule has 0 atom stereocenters. The van der Waals surface area contributed by atoms with E-state index in [-0.39, 0.29) is 5.41 Å². The summed E-state index contributed by atoms with van der Waals surface area (Å²) in [6.07, 6.45) is 4.96. The number of hydrogen-bond donors (Lipinski definition) is 3. The molecule has 6 nitrogen and oxygen atoms in total. The molecule has 1 heterocycles. The van der Waals surface area contributed by atoms with Crippen LogP contribution in [0.4, 0.5) is 0 Å². The Kier molecular flexibility index (Phi) is 5.82. The van der Waals surface area contributed by atoms with Crippen molar-refractivity contribution < 1.29 is 5.21 Å². The third-order valence-electron chi connectivity index (χ3n) is 3.28. The molecule has 0 spiro atoms. The van der Waals surface area contributed by atoms with Gasteiger partial charge in [0.15, 0.2) is 0 Å². The van der Waals surface area contributed by atoms with Gasteiger partial charge in [0.25, 0.3) is 0 Å². The number of aromatic nitrogens is 2. The number of amidine groups is 1. The van der Waals surface area contributed by atoms with E-state index in [0.717, 1.165) is 38.0 Å². The summed E-state index contributed by atoms with van der Waals surface area (Å²) in [4.78, 5) is 0. The quantitative estimate of drug-likeness (QED) is 0.219. The van der Waals surface area contributed by atoms with Gasteiger partial charge in [-0.1, -0.05) is 25.4 Å². The summed E-state index contributed by atoms with van der Waals surface area (Å²) < 4.78 is 1.80. The van der Waals surface area contributed by atoms with Gasteiger partial charge in [0.1, 0.15) is 5.84 Å². The second kappa shape index (κ2) is 7.13. The Hall–Kier alpha value is -1.56. The highest BCUT2D eigenvalue weighted by molar-refractivity contribution is 5.85. The number of nitrogens with one attached hydrogen (secondary N) is 1. The van der Waals surface area contributed by atoms with Crippen molar-refractivity contribution in [3.63, 3.8) is 0 Å². The van der Waals surface area contributed by atoms with E-state index in [9.17, 15) is 0 Å². The third kappa shape index (κ3) is 5.30. The minimum absolute atomic E-state index is 0.240. The van der Waals surface area contributed by atoms with Gasteiger partial charge in [-0.25, -0.2) is 0 Å². The van der Waals surface area contributed by atoms with Gasteiger partial charge in [-0.3, -0.25) is 4.68 Å². The zero-order chi connectivity index (χ0) is 14.3. The van der Waals surface area contributed by atoms with Crippen molar-refractivity contribution in [2.24, 2.45) is 23.4 Å². The van der Waals surface area contributed by atoms with Crippen LogP contribution >= 0.6 is 0 Å². The van der Waals surface area contributed by atoms with Crippen LogP contribution in [0.5, 0.6) is 0 Å². The van der Waals surface area contributed by atoms with E-state index in [4.69, 9.17) is 10.9 Å². The summed E-state index contributed by atoms with van der Waals surface area (Å²) in [7, 11) is 1.92. The van der Waals surface area contributed by atoms with Crippen molar-refractivity contribution >= 4 is 5.84 Å². The molecule has 0 bridgehead atoms. The Morgan fingerprint density at radius 1 is 1.53 bits per heavy atom. The van der Waals surface area contributed by atoms with Crippen LogP contribution in [-0.4, -0.2) is 27.4 Å². The van der Waals surface area contributed by atoms with Gasteiger partial charge in [0, 0.05) is 25.2 Å². The Morgan fingerprint density at radius 2 is 2.26 bits per heavy atom. The van der Waals surface area contributed by atoms with Gasteiger partial charge in [-0.05, 0) is 25.5 Å². The largest absolute Gasteiger partial charge is 0.409 e. The first-order valence-electron chi connectivity index (χ1n) is 6.63. The summed E-state index contributed by atoms with van der Waals surface area (Å²) in [5.41, 5.74) is 6.46. The van der Waals surface area contributed by atoms with Crippen molar-refractivity contribution in [1.82, 2.24) is 15.1 Å². The minimum Gasteiger partial charge on any atom is -0.409 e. The van der Waals surface area contributed by atoms with Gasteiger partial charge in [-0.2, -0.15) is 5.10 Å². The second-order valence-corrected chi connectivity index (χ2v) is 5.48. The predicted molar refractivity (Wildman–Crippen MR) is 76.0 cm³/mol. The SMILES string of the molecule is Cn1ccc(CNCCCCC(C)(C)/C(N)=N/O)n1. The standard InChI is InChI=1S/C13H25N5O/c1-13(2,12(14)17-19)7-4-5-8-15-10-11-6-9-18(3)16-11/h6,9,15,19H,4-5,7-8,10H2,1-3H3,(H2,14,17). The molecule has 0 saturated heterocycles. The molecule has 0 amide bonds. The van der Waals surface area contributed by atoms with Crippen LogP contribution in [0.2, 0.25) is 0 Å². The van der Waals surface area contributed by atoms with Gasteiger partial charge >= 0.3 is 0 Å². The average Bonchev–Trinajstić information content (AvgIpc) is 2.78. The summed E-state index contributed by atoms with van der Waals surface area (Å²) in [6, 6.07) is 2.01. The van der Waals surface area contributed by atoms with Crippen molar-refractivity contribution in [3.8, 4) is 0 Å². The number of oxime groups is 1. The highest BCUT2D eigenvalue weighted by atomic mass is 16.4. The Bertz CT molecular complexity index is 411. The lowest BCUT2D eigenvalue weighted by molar-refractivity contribution is 0.304. The maximum Gasteiger partial charge on any atom is 0.144 e. The molecule has 0 radical (unpaired) electrons. The Labute approximate surface area is 114 Å². The average molecular weight is 267 g/mol. The molecule has 1 aromatic heterocycles. The molecule has 4 N–H and O–H groups in total. The highest BCUT2D eigenvalue weighted by Gasteiger charge is 2.22. The zero-order valence-corrected chi connectivity index (χ0v) is 12.1. The van der Waals surface area contributed by atoms with Crippen LogP contribution in [0, 0.1) is 5.41 Å². The Morgan fingerprint density at radius 3 is 2.84 bits per heavy atom. The number of hydrogen-bond acceptors (Lipinski definition) is 4. The zero-order valence-electron chi connectivity index (χ0n) is 12.1. The summed E-state index contributed by atoms with van der Waals surface area (Å²) in [6.45, 7) is 5.72. The molecule has 0 unspecified atom stereocenters. The minimum atomic E-state index is -0.240. The van der Waals surface area contributed by atoms with Crippen LogP contribution in [0.1, 0.15) is 38.8 Å². The van der Waals surface area contributed by atoms with E-state index >= 15 is 0 Å². The maximum absolute atomic E-state index is 8.68. The molecule has 108 valence electrons. The molecule has 0 aliphatic rings. The first kappa shape index (κ1) is 15.5. The molecule has 19 heavy (non-hydrogen) atoms. The highest BCUT2D eigenvalue weighted by Crippen LogP contribution is 2.23. The lowest BCUT2D eigenvalue weighted by Gasteiger charge is -2.22. The molecular formula is C13H25N5O. The lowest BCUT2D eigenvalue weighted by Crippen LogP contribution is -2.32. The van der Waals surface area contributed by atoms with E-state index in [1.807, 2.05) is 33.2 Å². The van der Waals surface area contributed by atoms with Crippen molar-refractivity contribution in [2.75, 3.05) is 6.54 Å². The second-order valence-electron chi connectivity index (χ2n) is 5.48. The van der Waals surface area contributed by atoms with E-state index in [2.05, 4.69) is 15.6 Å². The molecule has 0 saturated carbocycles.